The van der Waals surface area contributed by atoms with Gasteiger partial charge in [-0.25, -0.2) is 0 Å². The lowest BCUT2D eigenvalue weighted by Gasteiger charge is -2.03. The Morgan fingerprint density at radius 3 is 2.75 bits per heavy atom. The zero-order valence-corrected chi connectivity index (χ0v) is 9.32. The fourth-order valence-corrected chi connectivity index (χ4v) is 1.35. The number of esters is 1. The molecule has 1 rings (SSSR count). The third-order valence-corrected chi connectivity index (χ3v) is 2.19. The van der Waals surface area contributed by atoms with Crippen molar-refractivity contribution in [2.75, 3.05) is 6.61 Å². The van der Waals surface area contributed by atoms with Crippen molar-refractivity contribution in [3.63, 3.8) is 0 Å². The van der Waals surface area contributed by atoms with Crippen LogP contribution in [0.3, 0.4) is 0 Å². The van der Waals surface area contributed by atoms with Crippen LogP contribution < -0.4 is 0 Å². The van der Waals surface area contributed by atoms with E-state index < -0.39 is 0 Å². The molecule has 0 atom stereocenters. The molecule has 2 heteroatoms. The molecule has 1 aromatic carbocycles. The number of hydrogen-bond acceptors (Lipinski definition) is 2. The molecule has 0 radical (unpaired) electrons. The number of rotatable bonds is 6. The van der Waals surface area contributed by atoms with Gasteiger partial charge in [0.2, 0.25) is 0 Å². The lowest BCUT2D eigenvalue weighted by atomic mass is 10.1. The summed E-state index contributed by atoms with van der Waals surface area (Å²) in [6.07, 6.45) is 7.61. The topological polar surface area (TPSA) is 26.3 Å². The normalized spacial score (nSPS) is 9.44. The molecule has 0 unspecified atom stereocenters. The zero-order valence-electron chi connectivity index (χ0n) is 9.32. The highest BCUT2D eigenvalue weighted by Crippen LogP contribution is 2.02. The van der Waals surface area contributed by atoms with Gasteiger partial charge in [0.05, 0.1) is 13.0 Å². The molecule has 0 heterocycles. The molecule has 0 aliphatic rings. The van der Waals surface area contributed by atoms with E-state index in [2.05, 4.69) is 18.1 Å². The van der Waals surface area contributed by atoms with Crippen LogP contribution in [0, 0.1) is 12.3 Å². The number of terminal acetylenes is 1. The maximum atomic E-state index is 11.1. The van der Waals surface area contributed by atoms with E-state index in [1.165, 1.54) is 5.56 Å². The molecule has 0 fully saturated rings. The fraction of sp³-hybridized carbons (Fsp3) is 0.357. The summed E-state index contributed by atoms with van der Waals surface area (Å²) in [6.45, 7) is 0.471. The largest absolute Gasteiger partial charge is 0.466 e. The van der Waals surface area contributed by atoms with Crippen molar-refractivity contribution < 1.29 is 9.53 Å². The SMILES string of the molecule is C#CCCC(=O)OCCCc1ccccc1. The number of benzene rings is 1. The van der Waals surface area contributed by atoms with E-state index in [9.17, 15) is 4.79 Å². The summed E-state index contributed by atoms with van der Waals surface area (Å²) < 4.78 is 5.03. The van der Waals surface area contributed by atoms with Gasteiger partial charge in [-0.05, 0) is 18.4 Å². The standard InChI is InChI=1S/C14H16O2/c1-2-3-11-14(15)16-12-7-10-13-8-5-4-6-9-13/h1,4-6,8-9H,3,7,10-12H2. The molecule has 0 saturated heterocycles. The Kier molecular flexibility index (Phi) is 5.80. The van der Waals surface area contributed by atoms with Gasteiger partial charge in [-0.15, -0.1) is 12.3 Å². The van der Waals surface area contributed by atoms with Crippen LogP contribution in [0.5, 0.6) is 0 Å². The minimum Gasteiger partial charge on any atom is -0.466 e. The van der Waals surface area contributed by atoms with Crippen molar-refractivity contribution in [2.45, 2.75) is 25.7 Å². The molecular formula is C14H16O2. The Balaban J connectivity index is 2.08. The van der Waals surface area contributed by atoms with E-state index in [4.69, 9.17) is 11.2 Å². The molecule has 0 amide bonds. The van der Waals surface area contributed by atoms with Gasteiger partial charge in [0.1, 0.15) is 0 Å². The number of carbonyl (C=O) groups is 1. The summed E-state index contributed by atoms with van der Waals surface area (Å²) in [5, 5.41) is 0. The van der Waals surface area contributed by atoms with E-state index in [-0.39, 0.29) is 5.97 Å². The first-order valence-electron chi connectivity index (χ1n) is 5.46. The number of carbonyl (C=O) groups excluding carboxylic acids is 1. The van der Waals surface area contributed by atoms with Gasteiger partial charge >= 0.3 is 5.97 Å². The summed E-state index contributed by atoms with van der Waals surface area (Å²) in [6, 6.07) is 10.1. The Labute approximate surface area is 96.6 Å². The van der Waals surface area contributed by atoms with Crippen molar-refractivity contribution in [3.05, 3.63) is 35.9 Å². The molecule has 84 valence electrons. The molecule has 0 spiro atoms. The van der Waals surface area contributed by atoms with Crippen LogP contribution in [0.2, 0.25) is 0 Å². The molecule has 0 bridgehead atoms. The van der Waals surface area contributed by atoms with Crippen LogP contribution in [-0.2, 0) is 16.0 Å². The quantitative estimate of drug-likeness (QED) is 0.415. The van der Waals surface area contributed by atoms with E-state index in [1.807, 2.05) is 18.2 Å². The number of ether oxygens (including phenoxy) is 1. The molecular weight excluding hydrogens is 200 g/mol. The average Bonchev–Trinajstić information content (AvgIpc) is 2.33. The second kappa shape index (κ2) is 7.53. The van der Waals surface area contributed by atoms with Gasteiger partial charge in [-0.1, -0.05) is 30.3 Å². The molecule has 0 saturated carbocycles. The molecule has 16 heavy (non-hydrogen) atoms. The van der Waals surface area contributed by atoms with Crippen LogP contribution in [-0.4, -0.2) is 12.6 Å². The highest BCUT2D eigenvalue weighted by molar-refractivity contribution is 5.69. The fourth-order valence-electron chi connectivity index (χ4n) is 1.35. The zero-order chi connectivity index (χ0) is 11.6. The van der Waals surface area contributed by atoms with Crippen molar-refractivity contribution in [1.82, 2.24) is 0 Å². The number of aryl methyl sites for hydroxylation is 1. The molecule has 2 nitrogen and oxygen atoms in total. The lowest BCUT2D eigenvalue weighted by Crippen LogP contribution is -2.05. The minimum atomic E-state index is -0.203. The molecule has 0 aliphatic carbocycles. The van der Waals surface area contributed by atoms with Gasteiger partial charge in [0.15, 0.2) is 0 Å². The molecule has 0 N–H and O–H groups in total. The lowest BCUT2D eigenvalue weighted by molar-refractivity contribution is -0.143. The molecule has 0 aliphatic heterocycles. The van der Waals surface area contributed by atoms with Crippen LogP contribution in [0.1, 0.15) is 24.8 Å². The monoisotopic (exact) mass is 216 g/mol. The van der Waals surface area contributed by atoms with Gasteiger partial charge in [0.25, 0.3) is 0 Å². The summed E-state index contributed by atoms with van der Waals surface area (Å²) in [5.41, 5.74) is 1.27. The Bertz CT molecular complexity index is 349. The van der Waals surface area contributed by atoms with E-state index in [1.54, 1.807) is 0 Å². The number of hydrogen-bond donors (Lipinski definition) is 0. The van der Waals surface area contributed by atoms with Crippen molar-refractivity contribution >= 4 is 5.97 Å². The maximum absolute atomic E-state index is 11.1. The second-order valence-corrected chi connectivity index (χ2v) is 3.51. The Morgan fingerprint density at radius 2 is 2.06 bits per heavy atom. The smallest absolute Gasteiger partial charge is 0.306 e. The first kappa shape index (κ1) is 12.3. The second-order valence-electron chi connectivity index (χ2n) is 3.51. The van der Waals surface area contributed by atoms with Crippen LogP contribution >= 0.6 is 0 Å². The van der Waals surface area contributed by atoms with E-state index in [0.29, 0.717) is 19.4 Å². The summed E-state index contributed by atoms with van der Waals surface area (Å²) in [5.74, 6) is 2.21. The molecule has 1 aromatic rings. The first-order chi connectivity index (χ1) is 7.83. The van der Waals surface area contributed by atoms with Gasteiger partial charge < -0.3 is 4.74 Å². The van der Waals surface area contributed by atoms with Crippen LogP contribution in [0.15, 0.2) is 30.3 Å². The predicted molar refractivity (Wildman–Crippen MR) is 63.8 cm³/mol. The van der Waals surface area contributed by atoms with Gasteiger partial charge in [-0.3, -0.25) is 4.79 Å². The summed E-state index contributed by atoms with van der Waals surface area (Å²) in [4.78, 5) is 11.1. The highest BCUT2D eigenvalue weighted by atomic mass is 16.5. The van der Waals surface area contributed by atoms with Gasteiger partial charge in [0, 0.05) is 6.42 Å². The van der Waals surface area contributed by atoms with Crippen molar-refractivity contribution in [1.29, 1.82) is 0 Å². The summed E-state index contributed by atoms with van der Waals surface area (Å²) in [7, 11) is 0. The maximum Gasteiger partial charge on any atom is 0.306 e. The minimum absolute atomic E-state index is 0.203. The van der Waals surface area contributed by atoms with E-state index >= 15 is 0 Å². The Morgan fingerprint density at radius 1 is 1.31 bits per heavy atom. The van der Waals surface area contributed by atoms with Gasteiger partial charge in [-0.2, -0.15) is 0 Å². The van der Waals surface area contributed by atoms with Crippen molar-refractivity contribution in [3.8, 4) is 12.3 Å². The first-order valence-corrected chi connectivity index (χ1v) is 5.46. The van der Waals surface area contributed by atoms with Crippen molar-refractivity contribution in [2.24, 2.45) is 0 Å². The van der Waals surface area contributed by atoms with Crippen LogP contribution in [0.4, 0.5) is 0 Å². The third-order valence-electron chi connectivity index (χ3n) is 2.19. The van der Waals surface area contributed by atoms with Crippen LogP contribution in [0.25, 0.3) is 0 Å². The van der Waals surface area contributed by atoms with E-state index in [0.717, 1.165) is 12.8 Å². The third kappa shape index (κ3) is 5.21. The molecule has 0 aromatic heterocycles. The average molecular weight is 216 g/mol. The summed E-state index contributed by atoms with van der Waals surface area (Å²) >= 11 is 0. The Hall–Kier alpha value is -1.75. The predicted octanol–water partition coefficient (Wildman–Crippen LogP) is 2.58. The highest BCUT2D eigenvalue weighted by Gasteiger charge is 2.00.